The highest BCUT2D eigenvalue weighted by Gasteiger charge is 2.18. The number of hydrogen-bond acceptors (Lipinski definition) is 4. The van der Waals surface area contributed by atoms with E-state index in [9.17, 15) is 4.79 Å². The molecule has 1 fully saturated rings. The number of carbonyl (C=O) groups is 1. The van der Waals surface area contributed by atoms with Crippen LogP contribution in [0.15, 0.2) is 24.3 Å². The van der Waals surface area contributed by atoms with Gasteiger partial charge in [0, 0.05) is 37.6 Å². The maximum atomic E-state index is 10.5. The number of nitrogens with one attached hydrogen (secondary N) is 1. The van der Waals surface area contributed by atoms with Crippen molar-refractivity contribution in [1.82, 2.24) is 0 Å². The Morgan fingerprint density at radius 3 is 2.48 bits per heavy atom. The number of rotatable bonds is 7. The van der Waals surface area contributed by atoms with Crippen LogP contribution in [-0.4, -0.2) is 42.4 Å². The average molecular weight is 292 g/mol. The number of aliphatic hydroxyl groups excluding tert-OH is 1. The van der Waals surface area contributed by atoms with Crippen LogP contribution in [0.5, 0.6) is 0 Å². The van der Waals surface area contributed by atoms with Gasteiger partial charge in [-0.15, -0.1) is 0 Å². The molecule has 0 amide bonds. The van der Waals surface area contributed by atoms with E-state index in [2.05, 4.69) is 22.3 Å². The first kappa shape index (κ1) is 15.6. The molecular formula is C16H24N2O3. The van der Waals surface area contributed by atoms with E-state index in [0.29, 0.717) is 19.1 Å². The Kier molecular flexibility index (Phi) is 5.87. The van der Waals surface area contributed by atoms with Crippen LogP contribution in [0.1, 0.15) is 25.7 Å². The van der Waals surface area contributed by atoms with Crippen molar-refractivity contribution in [2.24, 2.45) is 5.92 Å². The number of carboxylic acid groups (broad SMARTS) is 1. The van der Waals surface area contributed by atoms with Gasteiger partial charge in [0.1, 0.15) is 0 Å². The van der Waals surface area contributed by atoms with Crippen LogP contribution in [-0.2, 0) is 4.79 Å². The molecule has 5 heteroatoms. The summed E-state index contributed by atoms with van der Waals surface area (Å²) < 4.78 is 0. The van der Waals surface area contributed by atoms with E-state index in [1.807, 2.05) is 12.1 Å². The van der Waals surface area contributed by atoms with E-state index in [4.69, 9.17) is 10.2 Å². The molecule has 1 saturated heterocycles. The molecule has 0 saturated carbocycles. The Morgan fingerprint density at radius 1 is 1.24 bits per heavy atom. The van der Waals surface area contributed by atoms with Crippen molar-refractivity contribution in [3.63, 3.8) is 0 Å². The van der Waals surface area contributed by atoms with Gasteiger partial charge in [-0.05, 0) is 49.4 Å². The molecule has 3 N–H and O–H groups in total. The lowest BCUT2D eigenvalue weighted by atomic mass is 9.93. The van der Waals surface area contributed by atoms with Gasteiger partial charge in [-0.25, -0.2) is 0 Å². The lowest BCUT2D eigenvalue weighted by molar-refractivity contribution is -0.136. The van der Waals surface area contributed by atoms with Crippen LogP contribution in [0.2, 0.25) is 0 Å². The maximum absolute atomic E-state index is 10.5. The second-order valence-corrected chi connectivity index (χ2v) is 5.56. The Hall–Kier alpha value is -1.75. The second kappa shape index (κ2) is 7.88. The Labute approximate surface area is 125 Å². The van der Waals surface area contributed by atoms with Crippen LogP contribution in [0, 0.1) is 5.92 Å². The van der Waals surface area contributed by atoms with Crippen molar-refractivity contribution in [1.29, 1.82) is 0 Å². The molecule has 1 aromatic rings. The monoisotopic (exact) mass is 292 g/mol. The zero-order chi connectivity index (χ0) is 15.1. The van der Waals surface area contributed by atoms with E-state index >= 15 is 0 Å². The number of carboxylic acids is 1. The summed E-state index contributed by atoms with van der Waals surface area (Å²) in [6.07, 6.45) is 3.32. The first-order valence-electron chi connectivity index (χ1n) is 7.60. The van der Waals surface area contributed by atoms with Crippen molar-refractivity contribution in [3.8, 4) is 0 Å². The molecule has 0 bridgehead atoms. The van der Waals surface area contributed by atoms with Gasteiger partial charge >= 0.3 is 5.97 Å². The predicted octanol–water partition coefficient (Wildman–Crippen LogP) is 2.17. The minimum Gasteiger partial charge on any atom is -0.481 e. The third-order valence-electron chi connectivity index (χ3n) is 4.05. The fraction of sp³-hybridized carbons (Fsp3) is 0.562. The quantitative estimate of drug-likeness (QED) is 0.718. The van der Waals surface area contributed by atoms with Gasteiger partial charge in [0.25, 0.3) is 0 Å². The van der Waals surface area contributed by atoms with E-state index < -0.39 is 5.97 Å². The van der Waals surface area contributed by atoms with Crippen molar-refractivity contribution in [2.45, 2.75) is 25.7 Å². The van der Waals surface area contributed by atoms with Gasteiger partial charge in [0.05, 0.1) is 6.42 Å². The summed E-state index contributed by atoms with van der Waals surface area (Å²) in [6.45, 7) is 2.82. The van der Waals surface area contributed by atoms with E-state index in [1.54, 1.807) is 0 Å². The fourth-order valence-corrected chi connectivity index (χ4v) is 2.77. The molecular weight excluding hydrogens is 268 g/mol. The van der Waals surface area contributed by atoms with Crippen molar-refractivity contribution in [3.05, 3.63) is 24.3 Å². The van der Waals surface area contributed by atoms with Crippen molar-refractivity contribution >= 4 is 17.3 Å². The largest absolute Gasteiger partial charge is 0.481 e. The molecule has 1 aliphatic rings. The molecule has 0 unspecified atom stereocenters. The van der Waals surface area contributed by atoms with Gasteiger partial charge in [0.2, 0.25) is 0 Å². The predicted molar refractivity (Wildman–Crippen MR) is 83.8 cm³/mol. The molecule has 21 heavy (non-hydrogen) atoms. The van der Waals surface area contributed by atoms with Crippen LogP contribution >= 0.6 is 0 Å². The number of anilines is 2. The van der Waals surface area contributed by atoms with Crippen LogP contribution in [0.3, 0.4) is 0 Å². The molecule has 0 aliphatic carbocycles. The summed E-state index contributed by atoms with van der Waals surface area (Å²) in [5.41, 5.74) is 2.16. The summed E-state index contributed by atoms with van der Waals surface area (Å²) in [4.78, 5) is 12.8. The van der Waals surface area contributed by atoms with Crippen molar-refractivity contribution in [2.75, 3.05) is 36.5 Å². The maximum Gasteiger partial charge on any atom is 0.305 e. The number of benzene rings is 1. The van der Waals surface area contributed by atoms with Crippen molar-refractivity contribution < 1.29 is 15.0 Å². The normalized spacial score (nSPS) is 16.0. The zero-order valence-corrected chi connectivity index (χ0v) is 12.3. The lowest BCUT2D eigenvalue weighted by Crippen LogP contribution is -2.33. The minimum absolute atomic E-state index is 0.125. The summed E-state index contributed by atoms with van der Waals surface area (Å²) in [6, 6.07) is 8.15. The lowest BCUT2D eigenvalue weighted by Gasteiger charge is -2.33. The van der Waals surface area contributed by atoms with E-state index in [0.717, 1.165) is 38.0 Å². The summed E-state index contributed by atoms with van der Waals surface area (Å²) in [7, 11) is 0. The molecule has 1 heterocycles. The zero-order valence-electron chi connectivity index (χ0n) is 12.3. The fourth-order valence-electron chi connectivity index (χ4n) is 2.77. The first-order chi connectivity index (χ1) is 10.2. The van der Waals surface area contributed by atoms with Crippen LogP contribution in [0.25, 0.3) is 0 Å². The van der Waals surface area contributed by atoms with Crippen LogP contribution in [0.4, 0.5) is 11.4 Å². The molecule has 0 radical (unpaired) electrons. The molecule has 0 spiro atoms. The van der Waals surface area contributed by atoms with Gasteiger partial charge < -0.3 is 20.4 Å². The molecule has 1 aliphatic heterocycles. The number of hydrogen-bond donors (Lipinski definition) is 3. The number of aliphatic carboxylic acids is 1. The highest BCUT2D eigenvalue weighted by Crippen LogP contribution is 2.25. The SMILES string of the molecule is O=C(O)CCNc1ccc(N2CCC(CCO)CC2)cc1. The summed E-state index contributed by atoms with van der Waals surface area (Å²) in [5, 5.41) is 20.7. The van der Waals surface area contributed by atoms with Gasteiger partial charge in [-0.1, -0.05) is 0 Å². The Balaban J connectivity index is 1.81. The van der Waals surface area contributed by atoms with Crippen LogP contribution < -0.4 is 10.2 Å². The number of piperidine rings is 1. The van der Waals surface area contributed by atoms with Gasteiger partial charge in [-0.3, -0.25) is 4.79 Å². The first-order valence-corrected chi connectivity index (χ1v) is 7.60. The highest BCUT2D eigenvalue weighted by molar-refractivity contribution is 5.67. The van der Waals surface area contributed by atoms with Gasteiger partial charge in [0.15, 0.2) is 0 Å². The summed E-state index contributed by atoms with van der Waals surface area (Å²) >= 11 is 0. The molecule has 1 aromatic carbocycles. The number of nitrogens with zero attached hydrogens (tertiary/aromatic N) is 1. The van der Waals surface area contributed by atoms with E-state index in [1.165, 1.54) is 5.69 Å². The minimum atomic E-state index is -0.787. The second-order valence-electron chi connectivity index (χ2n) is 5.56. The third-order valence-corrected chi connectivity index (χ3v) is 4.05. The highest BCUT2D eigenvalue weighted by atomic mass is 16.4. The summed E-state index contributed by atoms with van der Waals surface area (Å²) in [5.74, 6) is -0.131. The smallest absolute Gasteiger partial charge is 0.305 e. The molecule has 5 nitrogen and oxygen atoms in total. The van der Waals surface area contributed by atoms with E-state index in [-0.39, 0.29) is 6.42 Å². The molecule has 0 aromatic heterocycles. The Bertz CT molecular complexity index is 439. The number of aliphatic hydroxyl groups is 1. The average Bonchev–Trinajstić information content (AvgIpc) is 2.49. The molecule has 116 valence electrons. The third kappa shape index (κ3) is 4.93. The molecule has 2 rings (SSSR count). The van der Waals surface area contributed by atoms with Gasteiger partial charge in [-0.2, -0.15) is 0 Å². The Morgan fingerprint density at radius 2 is 1.90 bits per heavy atom. The topological polar surface area (TPSA) is 72.8 Å². The standard InChI is InChI=1S/C16H24N2O3/c19-12-8-13-6-10-18(11-7-13)15-3-1-14(2-4-15)17-9-5-16(20)21/h1-4,13,17,19H,5-12H2,(H,20,21). The molecule has 0 atom stereocenters.